The fourth-order valence-corrected chi connectivity index (χ4v) is 1.85. The van der Waals surface area contributed by atoms with E-state index < -0.39 is 5.97 Å². The molecule has 0 spiro atoms. The van der Waals surface area contributed by atoms with E-state index in [0.29, 0.717) is 10.6 Å². The van der Waals surface area contributed by atoms with Crippen molar-refractivity contribution in [2.45, 2.75) is 0 Å². The first-order valence-electron chi connectivity index (χ1n) is 4.33. The van der Waals surface area contributed by atoms with Crippen LogP contribution >= 0.6 is 27.5 Å². The number of carbonyl (C=O) groups is 1. The second-order valence-corrected chi connectivity index (χ2v) is 4.23. The Balaban J connectivity index is 2.21. The Hall–Kier alpha value is -1.33. The molecule has 1 aromatic heterocycles. The first-order chi connectivity index (χ1) is 7.66. The Labute approximate surface area is 105 Å². The number of aromatic nitrogens is 2. The summed E-state index contributed by atoms with van der Waals surface area (Å²) < 4.78 is 5.75. The third kappa shape index (κ3) is 2.43. The highest BCUT2D eigenvalue weighted by molar-refractivity contribution is 9.10. The zero-order valence-corrected chi connectivity index (χ0v) is 10.2. The van der Waals surface area contributed by atoms with Crippen LogP contribution in [0, 0.1) is 0 Å². The van der Waals surface area contributed by atoms with Gasteiger partial charge >= 0.3 is 12.0 Å². The van der Waals surface area contributed by atoms with Crippen LogP contribution in [0.1, 0.15) is 10.4 Å². The molecule has 0 bridgehead atoms. The fraction of sp³-hybridized carbons (Fsp3) is 0. The van der Waals surface area contributed by atoms with Crippen molar-refractivity contribution in [1.82, 2.24) is 9.97 Å². The van der Waals surface area contributed by atoms with E-state index in [9.17, 15) is 4.79 Å². The molecule has 0 aliphatic carbocycles. The van der Waals surface area contributed by atoms with Crippen LogP contribution in [0.5, 0.6) is 6.01 Å². The van der Waals surface area contributed by atoms with Gasteiger partial charge in [-0.25, -0.2) is 9.78 Å². The fourth-order valence-electron chi connectivity index (χ4n) is 1.10. The van der Waals surface area contributed by atoms with Gasteiger partial charge in [-0.1, -0.05) is 27.5 Å². The van der Waals surface area contributed by atoms with E-state index in [2.05, 4.69) is 25.9 Å². The SMILES string of the molecule is O=C(Oc1ncc[nH]1)c1ccc(Br)cc1Cl. The van der Waals surface area contributed by atoms with Gasteiger partial charge < -0.3 is 9.72 Å². The lowest BCUT2D eigenvalue weighted by Gasteiger charge is -2.03. The van der Waals surface area contributed by atoms with Gasteiger partial charge in [0, 0.05) is 16.9 Å². The number of H-pyrrole nitrogens is 1. The third-order valence-electron chi connectivity index (χ3n) is 1.81. The number of imidazole rings is 1. The first kappa shape index (κ1) is 11.2. The number of nitrogens with one attached hydrogen (secondary N) is 1. The molecule has 16 heavy (non-hydrogen) atoms. The van der Waals surface area contributed by atoms with Crippen molar-refractivity contribution in [2.24, 2.45) is 0 Å². The lowest BCUT2D eigenvalue weighted by molar-refractivity contribution is 0.0721. The molecule has 0 amide bonds. The van der Waals surface area contributed by atoms with Crippen LogP contribution in [0.15, 0.2) is 35.1 Å². The second-order valence-electron chi connectivity index (χ2n) is 2.91. The predicted molar refractivity (Wildman–Crippen MR) is 62.7 cm³/mol. The zero-order chi connectivity index (χ0) is 11.5. The van der Waals surface area contributed by atoms with E-state index in [1.807, 2.05) is 0 Å². The normalized spacial score (nSPS) is 10.1. The summed E-state index contributed by atoms with van der Waals surface area (Å²) in [6.07, 6.45) is 3.05. The quantitative estimate of drug-likeness (QED) is 0.867. The van der Waals surface area contributed by atoms with E-state index in [4.69, 9.17) is 16.3 Å². The Morgan fingerprint density at radius 2 is 2.31 bits per heavy atom. The van der Waals surface area contributed by atoms with Crippen molar-refractivity contribution in [3.8, 4) is 6.01 Å². The van der Waals surface area contributed by atoms with Gasteiger partial charge in [-0.05, 0) is 18.2 Å². The van der Waals surface area contributed by atoms with Crippen molar-refractivity contribution < 1.29 is 9.53 Å². The molecule has 0 fully saturated rings. The maximum atomic E-state index is 11.7. The number of ether oxygens (including phenoxy) is 1. The van der Waals surface area contributed by atoms with E-state index in [1.165, 1.54) is 6.20 Å². The number of benzene rings is 1. The number of esters is 1. The molecule has 0 aliphatic heterocycles. The topological polar surface area (TPSA) is 55.0 Å². The van der Waals surface area contributed by atoms with Gasteiger partial charge in [0.05, 0.1) is 10.6 Å². The lowest BCUT2D eigenvalue weighted by Crippen LogP contribution is -2.09. The molecule has 2 rings (SSSR count). The van der Waals surface area contributed by atoms with Crippen LogP contribution in [0.4, 0.5) is 0 Å². The van der Waals surface area contributed by atoms with Crippen LogP contribution in [0.25, 0.3) is 0 Å². The van der Waals surface area contributed by atoms with Gasteiger partial charge in [0.2, 0.25) is 0 Å². The van der Waals surface area contributed by atoms with Gasteiger partial charge in [-0.2, -0.15) is 0 Å². The monoisotopic (exact) mass is 300 g/mol. The van der Waals surface area contributed by atoms with Crippen LogP contribution in [0.3, 0.4) is 0 Å². The second kappa shape index (κ2) is 4.67. The van der Waals surface area contributed by atoms with Crippen LogP contribution < -0.4 is 4.74 Å². The first-order valence-corrected chi connectivity index (χ1v) is 5.50. The summed E-state index contributed by atoms with van der Waals surface area (Å²) in [6, 6.07) is 5.06. The lowest BCUT2D eigenvalue weighted by atomic mass is 10.2. The number of halogens is 2. The zero-order valence-electron chi connectivity index (χ0n) is 7.91. The molecule has 1 aromatic carbocycles. The number of rotatable bonds is 2. The minimum atomic E-state index is -0.549. The number of nitrogens with zero attached hydrogens (tertiary/aromatic N) is 1. The average Bonchev–Trinajstić information content (AvgIpc) is 2.70. The molecular weight excluding hydrogens is 295 g/mol. The predicted octanol–water partition coefficient (Wildman–Crippen LogP) is 3.04. The number of carbonyl (C=O) groups excluding carboxylic acids is 1. The Kier molecular flexibility index (Phi) is 3.26. The standard InChI is InChI=1S/C10H6BrClN2O2/c11-6-1-2-7(8(12)5-6)9(15)16-10-13-3-4-14-10/h1-5H,(H,13,14). The molecule has 2 aromatic rings. The summed E-state index contributed by atoms with van der Waals surface area (Å²) in [5, 5.41) is 0.325. The molecule has 0 saturated heterocycles. The molecule has 1 N–H and O–H groups in total. The van der Waals surface area contributed by atoms with Crippen LogP contribution in [-0.2, 0) is 0 Å². The van der Waals surface area contributed by atoms with Gasteiger partial charge in [0.15, 0.2) is 0 Å². The molecule has 82 valence electrons. The largest absolute Gasteiger partial charge is 0.388 e. The van der Waals surface area contributed by atoms with Crippen molar-refractivity contribution in [3.05, 3.63) is 45.7 Å². The summed E-state index contributed by atoms with van der Waals surface area (Å²) >= 11 is 9.15. The average molecular weight is 302 g/mol. The molecule has 1 heterocycles. The third-order valence-corrected chi connectivity index (χ3v) is 2.62. The molecule has 4 nitrogen and oxygen atoms in total. The molecule has 0 aliphatic rings. The molecule has 6 heteroatoms. The van der Waals surface area contributed by atoms with Gasteiger partial charge in [0.25, 0.3) is 0 Å². The number of hydrogen-bond donors (Lipinski definition) is 1. The highest BCUT2D eigenvalue weighted by Gasteiger charge is 2.13. The van der Waals surface area contributed by atoms with Gasteiger partial charge in [0.1, 0.15) is 0 Å². The van der Waals surface area contributed by atoms with E-state index in [0.717, 1.165) is 4.47 Å². The molecule has 0 atom stereocenters. The van der Waals surface area contributed by atoms with Gasteiger partial charge in [-0.3, -0.25) is 0 Å². The summed E-state index contributed by atoms with van der Waals surface area (Å²) in [5.41, 5.74) is 0.293. The molecule has 0 unspecified atom stereocenters. The Bertz CT molecular complexity index is 514. The summed E-state index contributed by atoms with van der Waals surface area (Å²) in [6.45, 7) is 0. The maximum absolute atomic E-state index is 11.7. The van der Waals surface area contributed by atoms with Crippen LogP contribution in [0.2, 0.25) is 5.02 Å². The summed E-state index contributed by atoms with van der Waals surface area (Å²) in [7, 11) is 0. The smallest absolute Gasteiger partial charge is 0.347 e. The van der Waals surface area contributed by atoms with Crippen molar-refractivity contribution >= 4 is 33.5 Å². The van der Waals surface area contributed by atoms with Crippen LogP contribution in [-0.4, -0.2) is 15.9 Å². The van der Waals surface area contributed by atoms with Crippen molar-refractivity contribution in [3.63, 3.8) is 0 Å². The maximum Gasteiger partial charge on any atom is 0.347 e. The highest BCUT2D eigenvalue weighted by atomic mass is 79.9. The minimum Gasteiger partial charge on any atom is -0.388 e. The highest BCUT2D eigenvalue weighted by Crippen LogP contribution is 2.22. The summed E-state index contributed by atoms with van der Waals surface area (Å²) in [4.78, 5) is 18.1. The van der Waals surface area contributed by atoms with Crippen molar-refractivity contribution in [2.75, 3.05) is 0 Å². The number of hydrogen-bond acceptors (Lipinski definition) is 3. The molecule has 0 radical (unpaired) electrons. The van der Waals surface area contributed by atoms with E-state index >= 15 is 0 Å². The molecular formula is C10H6BrClN2O2. The summed E-state index contributed by atoms with van der Waals surface area (Å²) in [5.74, 6) is -0.549. The number of aromatic amines is 1. The van der Waals surface area contributed by atoms with E-state index in [-0.39, 0.29) is 6.01 Å². The Morgan fingerprint density at radius 1 is 1.50 bits per heavy atom. The molecule has 0 saturated carbocycles. The van der Waals surface area contributed by atoms with Crippen molar-refractivity contribution in [1.29, 1.82) is 0 Å². The van der Waals surface area contributed by atoms with E-state index in [1.54, 1.807) is 24.4 Å². The Morgan fingerprint density at radius 3 is 2.94 bits per heavy atom. The van der Waals surface area contributed by atoms with Gasteiger partial charge in [-0.15, -0.1) is 0 Å². The minimum absolute atomic E-state index is 0.143.